The van der Waals surface area contributed by atoms with Crippen molar-refractivity contribution in [1.29, 1.82) is 0 Å². The van der Waals surface area contributed by atoms with Crippen LogP contribution in [-0.4, -0.2) is 17.6 Å². The summed E-state index contributed by atoms with van der Waals surface area (Å²) in [5.74, 6) is 0. The van der Waals surface area contributed by atoms with Gasteiger partial charge in [-0.05, 0) is 39.5 Å². The van der Waals surface area contributed by atoms with E-state index in [1.54, 1.807) is 0 Å². The van der Waals surface area contributed by atoms with Gasteiger partial charge >= 0.3 is 0 Å². The van der Waals surface area contributed by atoms with Gasteiger partial charge in [0.1, 0.15) is 0 Å². The van der Waals surface area contributed by atoms with Crippen LogP contribution in [-0.2, 0) is 0 Å². The Hall–Kier alpha value is -0.0800. The molecule has 1 saturated carbocycles. The van der Waals surface area contributed by atoms with Crippen molar-refractivity contribution in [2.75, 3.05) is 6.54 Å². The third kappa shape index (κ3) is 3.28. The van der Waals surface area contributed by atoms with Crippen molar-refractivity contribution in [2.24, 2.45) is 5.73 Å². The Morgan fingerprint density at radius 2 is 2.08 bits per heavy atom. The zero-order valence-corrected chi connectivity index (χ0v) is 9.32. The monoisotopic (exact) mass is 184 g/mol. The van der Waals surface area contributed by atoms with Gasteiger partial charge in [-0.3, -0.25) is 0 Å². The fraction of sp³-hybridized carbons (Fsp3) is 1.00. The fourth-order valence-electron chi connectivity index (χ4n) is 1.96. The highest BCUT2D eigenvalue weighted by Crippen LogP contribution is 2.31. The first-order chi connectivity index (χ1) is 5.97. The molecule has 3 N–H and O–H groups in total. The average Bonchev–Trinajstić information content (AvgIpc) is 1.97. The number of hydrogen-bond donors (Lipinski definition) is 2. The lowest BCUT2D eigenvalue weighted by atomic mass is 9.78. The molecule has 1 aliphatic rings. The Bertz CT molecular complexity index is 159. The molecule has 1 aliphatic carbocycles. The van der Waals surface area contributed by atoms with Crippen molar-refractivity contribution in [3.63, 3.8) is 0 Å². The van der Waals surface area contributed by atoms with Gasteiger partial charge in [-0.2, -0.15) is 0 Å². The van der Waals surface area contributed by atoms with E-state index in [4.69, 9.17) is 5.73 Å². The lowest BCUT2D eigenvalue weighted by molar-refractivity contribution is 0.190. The molecule has 78 valence electrons. The van der Waals surface area contributed by atoms with Crippen LogP contribution in [0.15, 0.2) is 0 Å². The summed E-state index contributed by atoms with van der Waals surface area (Å²) in [7, 11) is 0. The minimum atomic E-state index is -0.0205. The van der Waals surface area contributed by atoms with E-state index < -0.39 is 0 Å². The van der Waals surface area contributed by atoms with Gasteiger partial charge in [0.05, 0.1) is 0 Å². The molecule has 1 atom stereocenters. The molecule has 0 aliphatic heterocycles. The standard InChI is InChI=1S/C11H24N2/c1-4-6-10(2,12)9-13-11(3)7-5-8-11/h13H,4-9,12H2,1-3H3. The second-order valence-corrected chi connectivity index (χ2v) is 5.17. The van der Waals surface area contributed by atoms with Gasteiger partial charge in [-0.15, -0.1) is 0 Å². The molecule has 0 aromatic rings. The van der Waals surface area contributed by atoms with Crippen molar-refractivity contribution in [3.05, 3.63) is 0 Å². The molecular formula is C11H24N2. The molecule has 0 spiro atoms. The minimum absolute atomic E-state index is 0.0205. The fourth-order valence-corrected chi connectivity index (χ4v) is 1.96. The lowest BCUT2D eigenvalue weighted by Gasteiger charge is -2.42. The van der Waals surface area contributed by atoms with Crippen LogP contribution in [0, 0.1) is 0 Å². The first kappa shape index (κ1) is 11.0. The maximum Gasteiger partial charge on any atom is 0.0252 e. The van der Waals surface area contributed by atoms with Crippen LogP contribution < -0.4 is 11.1 Å². The third-order valence-electron chi connectivity index (χ3n) is 3.20. The number of rotatable bonds is 5. The zero-order chi connectivity index (χ0) is 9.95. The highest BCUT2D eigenvalue weighted by molar-refractivity contribution is 4.94. The van der Waals surface area contributed by atoms with Crippen LogP contribution in [0.1, 0.15) is 52.9 Å². The quantitative estimate of drug-likeness (QED) is 0.686. The van der Waals surface area contributed by atoms with Gasteiger partial charge in [0.25, 0.3) is 0 Å². The molecule has 0 aromatic carbocycles. The summed E-state index contributed by atoms with van der Waals surface area (Å²) in [5, 5.41) is 3.60. The summed E-state index contributed by atoms with van der Waals surface area (Å²) in [6, 6.07) is 0. The van der Waals surface area contributed by atoms with Crippen molar-refractivity contribution < 1.29 is 0 Å². The Balaban J connectivity index is 2.24. The number of hydrogen-bond acceptors (Lipinski definition) is 2. The molecule has 13 heavy (non-hydrogen) atoms. The van der Waals surface area contributed by atoms with Gasteiger partial charge in [0.15, 0.2) is 0 Å². The second kappa shape index (κ2) is 3.97. The van der Waals surface area contributed by atoms with Crippen molar-refractivity contribution in [1.82, 2.24) is 5.32 Å². The van der Waals surface area contributed by atoms with Crippen molar-refractivity contribution >= 4 is 0 Å². The Morgan fingerprint density at radius 3 is 2.46 bits per heavy atom. The summed E-state index contributed by atoms with van der Waals surface area (Å²) in [4.78, 5) is 0. The topological polar surface area (TPSA) is 38.0 Å². The third-order valence-corrected chi connectivity index (χ3v) is 3.20. The lowest BCUT2D eigenvalue weighted by Crippen LogP contribution is -2.56. The van der Waals surface area contributed by atoms with Crippen LogP contribution in [0.4, 0.5) is 0 Å². The Morgan fingerprint density at radius 1 is 1.46 bits per heavy atom. The van der Waals surface area contributed by atoms with E-state index in [1.165, 1.54) is 25.7 Å². The van der Waals surface area contributed by atoms with E-state index in [-0.39, 0.29) is 5.54 Å². The van der Waals surface area contributed by atoms with Crippen LogP contribution in [0.3, 0.4) is 0 Å². The van der Waals surface area contributed by atoms with Crippen LogP contribution >= 0.6 is 0 Å². The molecule has 0 aromatic heterocycles. The van der Waals surface area contributed by atoms with Crippen LogP contribution in [0.2, 0.25) is 0 Å². The molecule has 1 unspecified atom stereocenters. The first-order valence-corrected chi connectivity index (χ1v) is 5.51. The summed E-state index contributed by atoms with van der Waals surface area (Å²) < 4.78 is 0. The van der Waals surface area contributed by atoms with Gasteiger partial charge < -0.3 is 11.1 Å². The van der Waals surface area contributed by atoms with Gasteiger partial charge in [0, 0.05) is 17.6 Å². The van der Waals surface area contributed by atoms with Crippen LogP contribution in [0.5, 0.6) is 0 Å². The zero-order valence-electron chi connectivity index (χ0n) is 9.32. The normalized spacial score (nSPS) is 24.9. The molecular weight excluding hydrogens is 160 g/mol. The van der Waals surface area contributed by atoms with E-state index >= 15 is 0 Å². The molecule has 0 bridgehead atoms. The highest BCUT2D eigenvalue weighted by Gasteiger charge is 2.32. The second-order valence-electron chi connectivity index (χ2n) is 5.17. The maximum atomic E-state index is 6.15. The predicted octanol–water partition coefficient (Wildman–Crippen LogP) is 2.04. The summed E-state index contributed by atoms with van der Waals surface area (Å²) >= 11 is 0. The maximum absolute atomic E-state index is 6.15. The molecule has 2 nitrogen and oxygen atoms in total. The minimum Gasteiger partial charge on any atom is -0.324 e. The Labute approximate surface area is 82.3 Å². The Kier molecular flexibility index (Phi) is 3.36. The van der Waals surface area contributed by atoms with Crippen molar-refractivity contribution in [3.8, 4) is 0 Å². The van der Waals surface area contributed by atoms with E-state index in [0.717, 1.165) is 13.0 Å². The van der Waals surface area contributed by atoms with Gasteiger partial charge in [-0.25, -0.2) is 0 Å². The SMILES string of the molecule is CCCC(C)(N)CNC1(C)CCC1. The smallest absolute Gasteiger partial charge is 0.0252 e. The van der Waals surface area contributed by atoms with Gasteiger partial charge in [0.2, 0.25) is 0 Å². The summed E-state index contributed by atoms with van der Waals surface area (Å²) in [5.41, 5.74) is 6.53. The van der Waals surface area contributed by atoms with E-state index in [9.17, 15) is 0 Å². The highest BCUT2D eigenvalue weighted by atomic mass is 15.0. The number of nitrogens with two attached hydrogens (primary N) is 1. The molecule has 1 fully saturated rings. The van der Waals surface area contributed by atoms with E-state index in [0.29, 0.717) is 5.54 Å². The molecule has 1 rings (SSSR count). The predicted molar refractivity (Wildman–Crippen MR) is 57.8 cm³/mol. The molecule has 0 saturated heterocycles. The average molecular weight is 184 g/mol. The largest absolute Gasteiger partial charge is 0.324 e. The van der Waals surface area contributed by atoms with Crippen molar-refractivity contribution in [2.45, 2.75) is 64.0 Å². The van der Waals surface area contributed by atoms with E-state index in [2.05, 4.69) is 26.1 Å². The molecule has 0 radical (unpaired) electrons. The molecule has 2 heteroatoms. The van der Waals surface area contributed by atoms with Crippen LogP contribution in [0.25, 0.3) is 0 Å². The number of nitrogens with one attached hydrogen (secondary N) is 1. The molecule has 0 heterocycles. The van der Waals surface area contributed by atoms with E-state index in [1.807, 2.05) is 0 Å². The first-order valence-electron chi connectivity index (χ1n) is 5.51. The summed E-state index contributed by atoms with van der Waals surface area (Å²) in [6.07, 6.45) is 6.28. The van der Waals surface area contributed by atoms with Gasteiger partial charge in [-0.1, -0.05) is 13.3 Å². The summed E-state index contributed by atoms with van der Waals surface area (Å²) in [6.45, 7) is 7.59. The molecule has 0 amide bonds.